The minimum atomic E-state index is 0.742. The number of thiazole rings is 1. The quantitative estimate of drug-likeness (QED) is 0.723. The van der Waals surface area contributed by atoms with E-state index < -0.39 is 0 Å². The van der Waals surface area contributed by atoms with Crippen LogP contribution in [0, 0.1) is 4.77 Å². The molecule has 0 aliphatic carbocycles. The van der Waals surface area contributed by atoms with Gasteiger partial charge in [0.05, 0.1) is 23.1 Å². The van der Waals surface area contributed by atoms with Gasteiger partial charge in [-0.3, -0.25) is 4.98 Å². The highest BCUT2D eigenvalue weighted by Gasteiger charge is 2.06. The Hall–Kier alpha value is -0.980. The van der Waals surface area contributed by atoms with Gasteiger partial charge >= 0.3 is 0 Å². The summed E-state index contributed by atoms with van der Waals surface area (Å²) >= 11 is 10.5. The van der Waals surface area contributed by atoms with E-state index in [2.05, 4.69) is 36.5 Å². The van der Waals surface area contributed by atoms with Crippen LogP contribution in [0.3, 0.4) is 0 Å². The second-order valence-electron chi connectivity index (χ2n) is 3.65. The summed E-state index contributed by atoms with van der Waals surface area (Å²) < 4.78 is 3.88. The van der Waals surface area contributed by atoms with Crippen molar-refractivity contribution in [1.82, 2.24) is 14.5 Å². The number of H-pyrrole nitrogens is 1. The Labute approximate surface area is 115 Å². The van der Waals surface area contributed by atoms with Crippen molar-refractivity contribution in [2.75, 3.05) is 0 Å². The van der Waals surface area contributed by atoms with Crippen LogP contribution in [0.5, 0.6) is 0 Å². The fourth-order valence-electron chi connectivity index (χ4n) is 1.76. The van der Waals surface area contributed by atoms with E-state index in [1.807, 2.05) is 23.8 Å². The van der Waals surface area contributed by atoms with E-state index in [9.17, 15) is 0 Å². The van der Waals surface area contributed by atoms with E-state index in [1.54, 1.807) is 11.3 Å². The summed E-state index contributed by atoms with van der Waals surface area (Å²) in [4.78, 5) is 8.49. The molecule has 0 saturated carbocycles. The SMILES string of the molecule is S=c1[nH]c2ccc(Br)cc2n1Cc1cncs1. The monoisotopic (exact) mass is 325 g/mol. The third-order valence-corrected chi connectivity index (χ3v) is 4.11. The van der Waals surface area contributed by atoms with E-state index >= 15 is 0 Å². The average Bonchev–Trinajstić information content (AvgIpc) is 2.90. The minimum absolute atomic E-state index is 0.742. The molecule has 3 aromatic rings. The summed E-state index contributed by atoms with van der Waals surface area (Å²) in [6.07, 6.45) is 1.88. The van der Waals surface area contributed by atoms with Crippen molar-refractivity contribution < 1.29 is 0 Å². The Morgan fingerprint density at radius 1 is 1.47 bits per heavy atom. The Morgan fingerprint density at radius 3 is 3.12 bits per heavy atom. The van der Waals surface area contributed by atoms with Crippen molar-refractivity contribution in [2.45, 2.75) is 6.54 Å². The molecule has 3 rings (SSSR count). The van der Waals surface area contributed by atoms with Crippen LogP contribution in [0.15, 0.2) is 34.4 Å². The predicted molar refractivity (Wildman–Crippen MR) is 76.0 cm³/mol. The van der Waals surface area contributed by atoms with Crippen molar-refractivity contribution in [3.63, 3.8) is 0 Å². The number of benzene rings is 1. The first-order valence-corrected chi connectivity index (χ1v) is 7.07. The molecule has 1 aromatic carbocycles. The molecule has 0 fully saturated rings. The Balaban J connectivity index is 2.17. The van der Waals surface area contributed by atoms with Gasteiger partial charge in [-0.2, -0.15) is 0 Å². The first kappa shape index (κ1) is 11.1. The van der Waals surface area contributed by atoms with Gasteiger partial charge in [0.2, 0.25) is 0 Å². The standard InChI is InChI=1S/C11H8BrN3S2/c12-7-1-2-9-10(3-7)15(11(16)14-9)5-8-4-13-6-17-8/h1-4,6H,5H2,(H,14,16). The molecule has 0 atom stereocenters. The zero-order valence-electron chi connectivity index (χ0n) is 8.68. The summed E-state index contributed by atoms with van der Waals surface area (Å²) in [7, 11) is 0. The lowest BCUT2D eigenvalue weighted by atomic mass is 10.3. The molecule has 0 bridgehead atoms. The molecule has 0 saturated heterocycles. The number of rotatable bonds is 2. The molecule has 86 valence electrons. The van der Waals surface area contributed by atoms with E-state index in [1.165, 1.54) is 4.88 Å². The zero-order chi connectivity index (χ0) is 11.8. The van der Waals surface area contributed by atoms with Gasteiger partial charge in [0.15, 0.2) is 4.77 Å². The second-order valence-corrected chi connectivity index (χ2v) is 5.92. The first-order valence-electron chi connectivity index (χ1n) is 4.99. The Kier molecular flexibility index (Phi) is 2.85. The molecule has 0 spiro atoms. The van der Waals surface area contributed by atoms with Gasteiger partial charge in [-0.15, -0.1) is 11.3 Å². The lowest BCUT2D eigenvalue weighted by molar-refractivity contribution is 0.821. The molecule has 17 heavy (non-hydrogen) atoms. The summed E-state index contributed by atoms with van der Waals surface area (Å²) in [5, 5.41) is 0. The lowest BCUT2D eigenvalue weighted by Crippen LogP contribution is -1.97. The van der Waals surface area contributed by atoms with Gasteiger partial charge in [-0.05, 0) is 30.4 Å². The second kappa shape index (κ2) is 4.36. The number of hydrogen-bond donors (Lipinski definition) is 1. The predicted octanol–water partition coefficient (Wildman–Crippen LogP) is 3.97. The van der Waals surface area contributed by atoms with Crippen molar-refractivity contribution in [3.05, 3.63) is 44.0 Å². The van der Waals surface area contributed by atoms with Gasteiger partial charge in [0, 0.05) is 15.5 Å². The highest BCUT2D eigenvalue weighted by Crippen LogP contribution is 2.21. The third-order valence-electron chi connectivity index (χ3n) is 2.53. The van der Waals surface area contributed by atoms with Crippen molar-refractivity contribution in [1.29, 1.82) is 0 Å². The van der Waals surface area contributed by atoms with Crippen LogP contribution in [-0.4, -0.2) is 14.5 Å². The van der Waals surface area contributed by atoms with Gasteiger partial charge in [0.25, 0.3) is 0 Å². The lowest BCUT2D eigenvalue weighted by Gasteiger charge is -2.01. The van der Waals surface area contributed by atoms with Crippen LogP contribution in [0.25, 0.3) is 11.0 Å². The Bertz CT molecular complexity index is 712. The van der Waals surface area contributed by atoms with Gasteiger partial charge < -0.3 is 9.55 Å². The van der Waals surface area contributed by atoms with Crippen LogP contribution >= 0.6 is 39.5 Å². The number of nitrogens with zero attached hydrogens (tertiary/aromatic N) is 2. The molecule has 1 N–H and O–H groups in total. The molecule has 2 aromatic heterocycles. The smallest absolute Gasteiger partial charge is 0.178 e. The van der Waals surface area contributed by atoms with Crippen molar-refractivity contribution in [2.24, 2.45) is 0 Å². The van der Waals surface area contributed by atoms with Crippen LogP contribution in [0.1, 0.15) is 4.88 Å². The molecule has 6 heteroatoms. The van der Waals surface area contributed by atoms with Crippen LogP contribution in [-0.2, 0) is 6.54 Å². The molecule has 0 aliphatic heterocycles. The van der Waals surface area contributed by atoms with E-state index in [0.29, 0.717) is 0 Å². The topological polar surface area (TPSA) is 33.6 Å². The number of aromatic amines is 1. The molecule has 0 amide bonds. The maximum absolute atomic E-state index is 5.35. The van der Waals surface area contributed by atoms with Crippen molar-refractivity contribution >= 4 is 50.5 Å². The van der Waals surface area contributed by atoms with Crippen molar-refractivity contribution in [3.8, 4) is 0 Å². The highest BCUT2D eigenvalue weighted by atomic mass is 79.9. The third kappa shape index (κ3) is 2.08. The Morgan fingerprint density at radius 2 is 2.35 bits per heavy atom. The maximum Gasteiger partial charge on any atom is 0.178 e. The maximum atomic E-state index is 5.35. The molecule has 0 radical (unpaired) electrons. The fraction of sp³-hybridized carbons (Fsp3) is 0.0909. The highest BCUT2D eigenvalue weighted by molar-refractivity contribution is 9.10. The number of imidazole rings is 1. The molecular formula is C11H8BrN3S2. The summed E-state index contributed by atoms with van der Waals surface area (Å²) in [6.45, 7) is 0.764. The van der Waals surface area contributed by atoms with Crippen LogP contribution < -0.4 is 0 Å². The van der Waals surface area contributed by atoms with Crippen LogP contribution in [0.4, 0.5) is 0 Å². The molecule has 0 unspecified atom stereocenters. The molecule has 0 aliphatic rings. The minimum Gasteiger partial charge on any atom is -0.331 e. The summed E-state index contributed by atoms with van der Waals surface area (Å²) in [5.74, 6) is 0. The van der Waals surface area contributed by atoms with E-state index in [-0.39, 0.29) is 0 Å². The van der Waals surface area contributed by atoms with E-state index in [0.717, 1.165) is 26.8 Å². The zero-order valence-corrected chi connectivity index (χ0v) is 11.9. The number of hydrogen-bond acceptors (Lipinski definition) is 3. The number of aromatic nitrogens is 3. The van der Waals surface area contributed by atoms with Crippen LogP contribution in [0.2, 0.25) is 0 Å². The normalized spacial score (nSPS) is 11.1. The largest absolute Gasteiger partial charge is 0.331 e. The average molecular weight is 326 g/mol. The molecule has 2 heterocycles. The first-order chi connectivity index (χ1) is 8.24. The number of halogens is 1. The molecule has 3 nitrogen and oxygen atoms in total. The van der Waals surface area contributed by atoms with Gasteiger partial charge in [0.1, 0.15) is 0 Å². The number of nitrogens with one attached hydrogen (secondary N) is 1. The fourth-order valence-corrected chi connectivity index (χ4v) is 2.96. The summed E-state index contributed by atoms with van der Waals surface area (Å²) in [5.41, 5.74) is 4.00. The number of fused-ring (bicyclic) bond motifs is 1. The van der Waals surface area contributed by atoms with Gasteiger partial charge in [-0.1, -0.05) is 15.9 Å². The van der Waals surface area contributed by atoms with E-state index in [4.69, 9.17) is 12.2 Å². The summed E-state index contributed by atoms with van der Waals surface area (Å²) in [6, 6.07) is 6.10. The molecular weight excluding hydrogens is 318 g/mol. The van der Waals surface area contributed by atoms with Gasteiger partial charge in [-0.25, -0.2) is 0 Å².